The molecule has 0 unspecified atom stereocenters. The van der Waals surface area contributed by atoms with E-state index in [1.54, 1.807) is 60.7 Å². The number of hydrogen-bond donors (Lipinski definition) is 2. The highest BCUT2D eigenvalue weighted by Crippen LogP contribution is 2.25. The van der Waals surface area contributed by atoms with Crippen LogP contribution in [-0.4, -0.2) is 25.0 Å². The van der Waals surface area contributed by atoms with E-state index in [1.165, 1.54) is 12.1 Å². The van der Waals surface area contributed by atoms with Gasteiger partial charge in [-0.15, -0.1) is 0 Å². The van der Waals surface area contributed by atoms with E-state index in [0.29, 0.717) is 34.3 Å². The maximum absolute atomic E-state index is 12.4. The number of anilines is 2. The molecule has 0 aliphatic heterocycles. The average Bonchev–Trinajstić information content (AvgIpc) is 2.85. The van der Waals surface area contributed by atoms with E-state index in [9.17, 15) is 14.9 Å². The van der Waals surface area contributed by atoms with Gasteiger partial charge in [0, 0.05) is 11.4 Å². The van der Waals surface area contributed by atoms with Gasteiger partial charge >= 0.3 is 0 Å². The monoisotopic (exact) mass is 509 g/mol. The molecule has 3 aromatic carbocycles. The molecule has 0 bridgehead atoms. The predicted octanol–water partition coefficient (Wildman–Crippen LogP) is 5.96. The molecule has 0 radical (unpaired) electrons. The quantitative estimate of drug-likeness (QED) is 0.274. The lowest BCUT2D eigenvalue weighted by molar-refractivity contribution is -0.118. The van der Waals surface area contributed by atoms with E-state index in [0.717, 1.165) is 5.75 Å². The minimum Gasteiger partial charge on any atom is -0.494 e. The first-order valence-corrected chi connectivity index (χ1v) is 11.3. The van der Waals surface area contributed by atoms with Gasteiger partial charge in [0.05, 0.1) is 16.7 Å². The summed E-state index contributed by atoms with van der Waals surface area (Å²) in [4.78, 5) is 24.6. The van der Waals surface area contributed by atoms with Crippen LogP contribution >= 0.6 is 23.2 Å². The molecule has 0 heterocycles. The summed E-state index contributed by atoms with van der Waals surface area (Å²) < 4.78 is 10.9. The summed E-state index contributed by atoms with van der Waals surface area (Å²) in [5, 5.41) is 15.4. The molecule has 0 aromatic heterocycles. The van der Waals surface area contributed by atoms with Crippen LogP contribution in [0.2, 0.25) is 10.0 Å². The first kappa shape index (κ1) is 25.6. The highest BCUT2D eigenvalue weighted by atomic mass is 35.5. The molecule has 9 heteroatoms. The highest BCUT2D eigenvalue weighted by molar-refractivity contribution is 6.42. The van der Waals surface area contributed by atoms with E-state index >= 15 is 0 Å². The molecular formula is C26H21Cl2N3O4. The van der Waals surface area contributed by atoms with Crippen LogP contribution in [-0.2, 0) is 9.59 Å². The molecule has 35 heavy (non-hydrogen) atoms. The average molecular weight is 510 g/mol. The van der Waals surface area contributed by atoms with Gasteiger partial charge in [-0.2, -0.15) is 5.26 Å². The summed E-state index contributed by atoms with van der Waals surface area (Å²) in [6.45, 7) is 2.28. The Labute approximate surface area is 212 Å². The van der Waals surface area contributed by atoms with Crippen LogP contribution in [0.3, 0.4) is 0 Å². The highest BCUT2D eigenvalue weighted by Gasteiger charge is 2.11. The van der Waals surface area contributed by atoms with Gasteiger partial charge in [-0.1, -0.05) is 35.3 Å². The molecule has 2 amide bonds. The van der Waals surface area contributed by atoms with Crippen molar-refractivity contribution in [1.29, 1.82) is 5.26 Å². The van der Waals surface area contributed by atoms with E-state index in [-0.39, 0.29) is 23.1 Å². The van der Waals surface area contributed by atoms with Gasteiger partial charge in [-0.3, -0.25) is 9.59 Å². The van der Waals surface area contributed by atoms with Gasteiger partial charge < -0.3 is 20.1 Å². The second-order valence-electron chi connectivity index (χ2n) is 7.12. The van der Waals surface area contributed by atoms with E-state index in [2.05, 4.69) is 10.6 Å². The molecule has 0 aliphatic rings. The van der Waals surface area contributed by atoms with Gasteiger partial charge in [0.1, 0.15) is 23.1 Å². The van der Waals surface area contributed by atoms with Crippen molar-refractivity contribution in [2.45, 2.75) is 6.92 Å². The van der Waals surface area contributed by atoms with Crippen molar-refractivity contribution >= 4 is 52.5 Å². The smallest absolute Gasteiger partial charge is 0.266 e. The zero-order chi connectivity index (χ0) is 25.2. The molecule has 178 valence electrons. The molecular weight excluding hydrogens is 489 g/mol. The van der Waals surface area contributed by atoms with Crippen LogP contribution in [0.4, 0.5) is 11.4 Å². The molecule has 0 fully saturated rings. The Morgan fingerprint density at radius 1 is 0.886 bits per heavy atom. The summed E-state index contributed by atoms with van der Waals surface area (Å²) in [7, 11) is 0. The zero-order valence-corrected chi connectivity index (χ0v) is 20.2. The van der Waals surface area contributed by atoms with Crippen LogP contribution in [0, 0.1) is 11.3 Å². The van der Waals surface area contributed by atoms with Crippen LogP contribution in [0.15, 0.2) is 72.3 Å². The first-order chi connectivity index (χ1) is 16.9. The normalized spacial score (nSPS) is 10.7. The Morgan fingerprint density at radius 2 is 1.51 bits per heavy atom. The minimum atomic E-state index is -0.586. The molecule has 0 atom stereocenters. The van der Waals surface area contributed by atoms with Crippen molar-refractivity contribution in [2.75, 3.05) is 23.8 Å². The number of nitrogens with zero attached hydrogens (tertiary/aromatic N) is 1. The molecule has 7 nitrogen and oxygen atoms in total. The first-order valence-electron chi connectivity index (χ1n) is 10.5. The van der Waals surface area contributed by atoms with E-state index in [4.69, 9.17) is 32.7 Å². The third-order valence-electron chi connectivity index (χ3n) is 4.55. The Morgan fingerprint density at radius 3 is 2.14 bits per heavy atom. The summed E-state index contributed by atoms with van der Waals surface area (Å²) in [5.41, 5.74) is 1.56. The SMILES string of the molecule is CCOc1ccc(NC(=O)COc2ccc(/C=C(/C#N)C(=O)Nc3ccc(Cl)c(Cl)c3)cc2)cc1. The fourth-order valence-electron chi connectivity index (χ4n) is 2.89. The Balaban J connectivity index is 1.54. The number of hydrogen-bond acceptors (Lipinski definition) is 5. The molecule has 0 saturated carbocycles. The lowest BCUT2D eigenvalue weighted by Gasteiger charge is -2.09. The number of rotatable bonds is 9. The predicted molar refractivity (Wildman–Crippen MR) is 137 cm³/mol. The fourth-order valence-corrected chi connectivity index (χ4v) is 3.19. The Kier molecular flexibility index (Phi) is 9.13. The van der Waals surface area contributed by atoms with Crippen molar-refractivity contribution in [3.8, 4) is 17.6 Å². The zero-order valence-electron chi connectivity index (χ0n) is 18.7. The Bertz CT molecular complexity index is 1270. The van der Waals surface area contributed by atoms with Gasteiger partial charge in [0.25, 0.3) is 11.8 Å². The molecule has 2 N–H and O–H groups in total. The summed E-state index contributed by atoms with van der Waals surface area (Å²) in [5.74, 6) is 0.283. The van der Waals surface area contributed by atoms with Crippen molar-refractivity contribution in [1.82, 2.24) is 0 Å². The fraction of sp³-hybridized carbons (Fsp3) is 0.115. The van der Waals surface area contributed by atoms with Gasteiger partial charge in [0.15, 0.2) is 6.61 Å². The van der Waals surface area contributed by atoms with E-state index < -0.39 is 5.91 Å². The summed E-state index contributed by atoms with van der Waals surface area (Å²) >= 11 is 11.8. The second-order valence-corrected chi connectivity index (χ2v) is 7.93. The number of nitriles is 1. The topological polar surface area (TPSA) is 100 Å². The van der Waals surface area contributed by atoms with Gasteiger partial charge in [-0.25, -0.2) is 0 Å². The number of ether oxygens (including phenoxy) is 2. The number of nitrogens with one attached hydrogen (secondary N) is 2. The number of carbonyl (C=O) groups is 2. The molecule has 0 aliphatic carbocycles. The third-order valence-corrected chi connectivity index (χ3v) is 5.29. The van der Waals surface area contributed by atoms with Crippen molar-refractivity contribution < 1.29 is 19.1 Å². The number of amides is 2. The van der Waals surface area contributed by atoms with Gasteiger partial charge in [-0.05, 0) is 73.2 Å². The maximum atomic E-state index is 12.4. The van der Waals surface area contributed by atoms with E-state index in [1.807, 2.05) is 13.0 Å². The summed E-state index contributed by atoms with van der Waals surface area (Å²) in [6, 6.07) is 20.2. The minimum absolute atomic E-state index is 0.0977. The van der Waals surface area contributed by atoms with Gasteiger partial charge in [0.2, 0.25) is 0 Å². The maximum Gasteiger partial charge on any atom is 0.266 e. The van der Waals surface area contributed by atoms with Crippen molar-refractivity contribution in [3.63, 3.8) is 0 Å². The number of benzene rings is 3. The van der Waals surface area contributed by atoms with Crippen LogP contribution < -0.4 is 20.1 Å². The van der Waals surface area contributed by atoms with Crippen molar-refractivity contribution in [3.05, 3.63) is 87.9 Å². The third kappa shape index (κ3) is 7.78. The lowest BCUT2D eigenvalue weighted by Crippen LogP contribution is -2.20. The molecule has 3 aromatic rings. The van der Waals surface area contributed by atoms with Crippen LogP contribution in [0.5, 0.6) is 11.5 Å². The molecule has 0 saturated heterocycles. The summed E-state index contributed by atoms with van der Waals surface area (Å²) in [6.07, 6.45) is 1.44. The van der Waals surface area contributed by atoms with Crippen LogP contribution in [0.25, 0.3) is 6.08 Å². The second kappa shape index (κ2) is 12.5. The Hall–Kier alpha value is -3.99. The lowest BCUT2D eigenvalue weighted by atomic mass is 10.1. The number of halogens is 2. The largest absolute Gasteiger partial charge is 0.494 e. The molecule has 3 rings (SSSR count). The molecule has 0 spiro atoms. The number of carbonyl (C=O) groups excluding carboxylic acids is 2. The van der Waals surface area contributed by atoms with Crippen LogP contribution in [0.1, 0.15) is 12.5 Å². The van der Waals surface area contributed by atoms with Crippen molar-refractivity contribution in [2.24, 2.45) is 0 Å². The standard InChI is InChI=1S/C26H21Cl2N3O4/c1-2-34-21-10-5-19(6-11-21)30-25(32)16-35-22-8-3-17(4-9-22)13-18(15-29)26(33)31-20-7-12-23(27)24(28)14-20/h3-14H,2,16H2,1H3,(H,30,32)(H,31,33)/b18-13-.